The molecule has 1 aliphatic rings. The maximum atomic E-state index is 11.5. The number of primary amides is 1. The predicted molar refractivity (Wildman–Crippen MR) is 96.6 cm³/mol. The van der Waals surface area contributed by atoms with E-state index in [0.29, 0.717) is 18.2 Å². The molecular weight excluding hydrogens is 318 g/mol. The highest BCUT2D eigenvalue weighted by molar-refractivity contribution is 5.93. The van der Waals surface area contributed by atoms with Crippen LogP contribution in [-0.4, -0.2) is 16.9 Å². The van der Waals surface area contributed by atoms with Crippen LogP contribution in [0.5, 0.6) is 0 Å². The number of hydrogen-bond donors (Lipinski definition) is 1. The van der Waals surface area contributed by atoms with Crippen LogP contribution in [-0.2, 0) is 13.0 Å². The van der Waals surface area contributed by atoms with E-state index in [4.69, 9.17) is 5.73 Å². The van der Waals surface area contributed by atoms with Crippen LogP contribution < -0.4 is 10.6 Å². The summed E-state index contributed by atoms with van der Waals surface area (Å²) in [5.74, 6) is -0.663. The Morgan fingerprint density at radius 3 is 2.76 bits per heavy atom. The molecule has 0 saturated heterocycles. The zero-order valence-electron chi connectivity index (χ0n) is 14.1. The fourth-order valence-electron chi connectivity index (χ4n) is 3.52. The van der Waals surface area contributed by atoms with Gasteiger partial charge in [0.15, 0.2) is 0 Å². The Morgan fingerprint density at radius 1 is 1.32 bits per heavy atom. The Kier molecular flexibility index (Phi) is 4.70. The zero-order valence-corrected chi connectivity index (χ0v) is 14.1. The standard InChI is InChI=1S/C19H21N3O3/c1-2-16-10-9-13-5-3-4-6-17(13)21(16)12-15-8-7-14(19(20)23)11-18(15)22(24)25/h3-8,11,16H,2,9-10,12H2,1H3,(H2,20,23)/t16-/m0/s1. The second-order valence-corrected chi connectivity index (χ2v) is 6.32. The third kappa shape index (κ3) is 3.33. The summed E-state index contributed by atoms with van der Waals surface area (Å²) in [5.41, 5.74) is 8.33. The molecule has 25 heavy (non-hydrogen) atoms. The lowest BCUT2D eigenvalue weighted by molar-refractivity contribution is -0.385. The number of nitro groups is 1. The molecular formula is C19H21N3O3. The fraction of sp³-hybridized carbons (Fsp3) is 0.316. The molecule has 2 aromatic carbocycles. The van der Waals surface area contributed by atoms with Gasteiger partial charge in [-0.15, -0.1) is 0 Å². The molecule has 6 nitrogen and oxygen atoms in total. The van der Waals surface area contributed by atoms with Crippen molar-refractivity contribution in [1.29, 1.82) is 0 Å². The second kappa shape index (κ2) is 6.93. The van der Waals surface area contributed by atoms with E-state index in [0.717, 1.165) is 24.9 Å². The van der Waals surface area contributed by atoms with E-state index in [-0.39, 0.29) is 11.3 Å². The molecule has 0 aromatic heterocycles. The van der Waals surface area contributed by atoms with Crippen LogP contribution in [0.15, 0.2) is 42.5 Å². The van der Waals surface area contributed by atoms with Crippen molar-refractivity contribution in [2.45, 2.75) is 38.8 Å². The maximum Gasteiger partial charge on any atom is 0.275 e. The molecule has 0 fully saturated rings. The smallest absolute Gasteiger partial charge is 0.275 e. The lowest BCUT2D eigenvalue weighted by Gasteiger charge is -2.38. The summed E-state index contributed by atoms with van der Waals surface area (Å²) in [6.07, 6.45) is 3.02. The molecule has 0 saturated carbocycles. The van der Waals surface area contributed by atoms with Crippen LogP contribution in [0.2, 0.25) is 0 Å². The van der Waals surface area contributed by atoms with Crippen LogP contribution in [0.4, 0.5) is 11.4 Å². The first-order chi connectivity index (χ1) is 12.0. The van der Waals surface area contributed by atoms with Gasteiger partial charge in [-0.3, -0.25) is 14.9 Å². The van der Waals surface area contributed by atoms with Gasteiger partial charge in [0.1, 0.15) is 0 Å². The molecule has 2 aromatic rings. The number of nitro benzene ring substituents is 1. The molecule has 6 heteroatoms. The molecule has 0 radical (unpaired) electrons. The number of amides is 1. The van der Waals surface area contributed by atoms with E-state index in [1.807, 2.05) is 12.1 Å². The SMILES string of the molecule is CC[C@H]1CCc2ccccc2N1Cc1ccc(C(N)=O)cc1[N+](=O)[O-]. The Morgan fingerprint density at radius 2 is 2.08 bits per heavy atom. The largest absolute Gasteiger partial charge is 0.366 e. The topological polar surface area (TPSA) is 89.5 Å². The summed E-state index contributed by atoms with van der Waals surface area (Å²) in [5, 5.41) is 11.5. The van der Waals surface area contributed by atoms with E-state index in [2.05, 4.69) is 24.0 Å². The van der Waals surface area contributed by atoms with Crippen LogP contribution in [0.3, 0.4) is 0 Å². The summed E-state index contributed by atoms with van der Waals surface area (Å²) in [6.45, 7) is 2.57. The van der Waals surface area contributed by atoms with Gasteiger partial charge in [-0.2, -0.15) is 0 Å². The number of carbonyl (C=O) groups is 1. The van der Waals surface area contributed by atoms with E-state index in [1.165, 1.54) is 11.6 Å². The molecule has 130 valence electrons. The minimum absolute atomic E-state index is 0.0609. The number of rotatable bonds is 5. The van der Waals surface area contributed by atoms with Crippen molar-refractivity contribution in [3.63, 3.8) is 0 Å². The van der Waals surface area contributed by atoms with Crippen LogP contribution in [0.25, 0.3) is 0 Å². The molecule has 2 N–H and O–H groups in total. The molecule has 0 aliphatic carbocycles. The number of nitrogens with zero attached hydrogens (tertiary/aromatic N) is 2. The quantitative estimate of drug-likeness (QED) is 0.667. The van der Waals surface area contributed by atoms with Gasteiger partial charge in [-0.1, -0.05) is 25.1 Å². The summed E-state index contributed by atoms with van der Waals surface area (Å²) >= 11 is 0. The lowest BCUT2D eigenvalue weighted by Crippen LogP contribution is -2.38. The molecule has 1 amide bonds. The summed E-state index contributed by atoms with van der Waals surface area (Å²) in [7, 11) is 0. The van der Waals surface area contributed by atoms with Gasteiger partial charge in [0.2, 0.25) is 5.91 Å². The molecule has 1 atom stereocenters. The van der Waals surface area contributed by atoms with E-state index >= 15 is 0 Å². The minimum atomic E-state index is -0.663. The molecule has 3 rings (SSSR count). The highest BCUT2D eigenvalue weighted by atomic mass is 16.6. The Labute approximate surface area is 146 Å². The average Bonchev–Trinajstić information content (AvgIpc) is 2.62. The second-order valence-electron chi connectivity index (χ2n) is 6.32. The molecule has 0 spiro atoms. The van der Waals surface area contributed by atoms with Crippen LogP contribution in [0, 0.1) is 10.1 Å². The Bertz CT molecular complexity index is 819. The minimum Gasteiger partial charge on any atom is -0.366 e. The number of carbonyl (C=O) groups excluding carboxylic acids is 1. The number of anilines is 1. The first-order valence-corrected chi connectivity index (χ1v) is 8.43. The lowest BCUT2D eigenvalue weighted by atomic mass is 9.93. The van der Waals surface area contributed by atoms with Crippen molar-refractivity contribution in [2.75, 3.05) is 4.90 Å². The van der Waals surface area contributed by atoms with Crippen molar-refractivity contribution in [3.05, 3.63) is 69.3 Å². The van der Waals surface area contributed by atoms with Gasteiger partial charge in [0.25, 0.3) is 5.69 Å². The van der Waals surface area contributed by atoms with Gasteiger partial charge in [0.05, 0.1) is 11.5 Å². The van der Waals surface area contributed by atoms with Crippen molar-refractivity contribution in [2.24, 2.45) is 5.73 Å². The summed E-state index contributed by atoms with van der Waals surface area (Å²) in [4.78, 5) is 24.6. The van der Waals surface area contributed by atoms with Gasteiger partial charge in [-0.05, 0) is 43.0 Å². The number of para-hydroxylation sites is 1. The Hall–Kier alpha value is -2.89. The third-order valence-corrected chi connectivity index (χ3v) is 4.87. The fourth-order valence-corrected chi connectivity index (χ4v) is 3.52. The summed E-state index contributed by atoms with van der Waals surface area (Å²) in [6, 6.07) is 13.0. The number of fused-ring (bicyclic) bond motifs is 1. The van der Waals surface area contributed by atoms with Crippen LogP contribution in [0.1, 0.15) is 41.3 Å². The molecule has 0 bridgehead atoms. The van der Waals surface area contributed by atoms with Crippen molar-refractivity contribution >= 4 is 17.3 Å². The zero-order chi connectivity index (χ0) is 18.0. The third-order valence-electron chi connectivity index (χ3n) is 4.87. The Balaban J connectivity index is 2.01. The molecule has 1 aliphatic heterocycles. The van der Waals surface area contributed by atoms with E-state index in [1.54, 1.807) is 12.1 Å². The predicted octanol–water partition coefficient (Wildman–Crippen LogP) is 3.43. The number of benzene rings is 2. The van der Waals surface area contributed by atoms with Crippen molar-refractivity contribution in [3.8, 4) is 0 Å². The normalized spacial score (nSPS) is 16.4. The summed E-state index contributed by atoms with van der Waals surface area (Å²) < 4.78 is 0. The van der Waals surface area contributed by atoms with E-state index < -0.39 is 10.8 Å². The van der Waals surface area contributed by atoms with Gasteiger partial charge in [0, 0.05) is 28.9 Å². The number of hydrogen-bond acceptors (Lipinski definition) is 4. The average molecular weight is 339 g/mol. The maximum absolute atomic E-state index is 11.5. The molecule has 0 unspecified atom stereocenters. The van der Waals surface area contributed by atoms with E-state index in [9.17, 15) is 14.9 Å². The monoisotopic (exact) mass is 339 g/mol. The van der Waals surface area contributed by atoms with Crippen LogP contribution >= 0.6 is 0 Å². The van der Waals surface area contributed by atoms with Crippen molar-refractivity contribution in [1.82, 2.24) is 0 Å². The first kappa shape index (κ1) is 17.0. The highest BCUT2D eigenvalue weighted by Crippen LogP contribution is 2.34. The highest BCUT2D eigenvalue weighted by Gasteiger charge is 2.27. The molecule has 1 heterocycles. The van der Waals surface area contributed by atoms with Gasteiger partial charge >= 0.3 is 0 Å². The number of aryl methyl sites for hydroxylation is 1. The van der Waals surface area contributed by atoms with Gasteiger partial charge in [-0.25, -0.2) is 0 Å². The van der Waals surface area contributed by atoms with Gasteiger partial charge < -0.3 is 10.6 Å². The first-order valence-electron chi connectivity index (χ1n) is 8.43. The van der Waals surface area contributed by atoms with Crippen molar-refractivity contribution < 1.29 is 9.72 Å². The number of nitrogens with two attached hydrogens (primary N) is 1.